The van der Waals surface area contributed by atoms with E-state index in [0.717, 1.165) is 19.3 Å². The lowest BCUT2D eigenvalue weighted by atomic mass is 9.88. The molecule has 3 atom stereocenters. The zero-order chi connectivity index (χ0) is 20.5. The molecular formula is C21H32F2O4. The lowest BCUT2D eigenvalue weighted by molar-refractivity contribution is -0.137. The van der Waals surface area contributed by atoms with E-state index in [1.54, 1.807) is 19.1 Å². The first kappa shape index (κ1) is 23.5. The summed E-state index contributed by atoms with van der Waals surface area (Å²) in [6.07, 6.45) is 9.93. The molecule has 2 N–H and O–H groups in total. The number of aliphatic hydroxyl groups is 1. The summed E-state index contributed by atoms with van der Waals surface area (Å²) in [6, 6.07) is 0. The molecule has 0 saturated heterocycles. The number of allylic oxidation sites excluding steroid dienone is 3. The standard InChI is InChI=1S/C21H32F2O4/c1-3-4-9-13-20(2,27)14-12-16-17(21(22,23)15-18(16)24)10-7-5-6-8-11-19(25)26/h5,7,12,14,16-17,27H,3-4,6,8-11,13,15H2,1-2H3,(H,25,26)/t16-,17-,20+/m1/s1. The van der Waals surface area contributed by atoms with Crippen molar-refractivity contribution in [2.75, 3.05) is 0 Å². The molecule has 0 aliphatic heterocycles. The first-order valence-corrected chi connectivity index (χ1v) is 9.78. The summed E-state index contributed by atoms with van der Waals surface area (Å²) in [5.41, 5.74) is -1.11. The quantitative estimate of drug-likeness (QED) is 0.369. The molecule has 1 aliphatic carbocycles. The molecule has 154 valence electrons. The molecule has 0 unspecified atom stereocenters. The van der Waals surface area contributed by atoms with Gasteiger partial charge < -0.3 is 10.2 Å². The van der Waals surface area contributed by atoms with Gasteiger partial charge in [0.05, 0.1) is 12.0 Å². The van der Waals surface area contributed by atoms with Crippen molar-refractivity contribution in [2.24, 2.45) is 11.8 Å². The third-order valence-corrected chi connectivity index (χ3v) is 5.02. The number of Topliss-reactive ketones (excluding diaryl/α,β-unsaturated/α-hetero) is 1. The fourth-order valence-electron chi connectivity index (χ4n) is 3.39. The highest BCUT2D eigenvalue weighted by atomic mass is 19.3. The first-order chi connectivity index (χ1) is 12.6. The van der Waals surface area contributed by atoms with Crippen molar-refractivity contribution in [3.63, 3.8) is 0 Å². The maximum absolute atomic E-state index is 14.2. The smallest absolute Gasteiger partial charge is 0.303 e. The van der Waals surface area contributed by atoms with Gasteiger partial charge in [0.2, 0.25) is 0 Å². The van der Waals surface area contributed by atoms with Crippen LogP contribution in [0.4, 0.5) is 8.78 Å². The van der Waals surface area contributed by atoms with Crippen LogP contribution in [-0.4, -0.2) is 33.5 Å². The van der Waals surface area contributed by atoms with E-state index in [2.05, 4.69) is 6.92 Å². The Balaban J connectivity index is 2.69. The molecule has 0 heterocycles. The normalized spacial score (nSPS) is 24.7. The minimum atomic E-state index is -3.06. The first-order valence-electron chi connectivity index (χ1n) is 9.78. The Morgan fingerprint density at radius 3 is 2.63 bits per heavy atom. The van der Waals surface area contributed by atoms with Gasteiger partial charge in [-0.25, -0.2) is 8.78 Å². The van der Waals surface area contributed by atoms with Crippen molar-refractivity contribution in [3.05, 3.63) is 24.3 Å². The van der Waals surface area contributed by atoms with Crippen molar-refractivity contribution in [1.29, 1.82) is 0 Å². The number of carbonyl (C=O) groups is 2. The summed E-state index contributed by atoms with van der Waals surface area (Å²) in [5.74, 6) is -6.46. The molecular weight excluding hydrogens is 354 g/mol. The summed E-state index contributed by atoms with van der Waals surface area (Å²) < 4.78 is 28.5. The second kappa shape index (κ2) is 10.7. The number of carboxylic acids is 1. The number of unbranched alkanes of at least 4 members (excludes halogenated alkanes) is 3. The zero-order valence-electron chi connectivity index (χ0n) is 16.3. The number of hydrogen-bond acceptors (Lipinski definition) is 3. The highest BCUT2D eigenvalue weighted by Crippen LogP contribution is 2.45. The highest BCUT2D eigenvalue weighted by Gasteiger charge is 2.53. The van der Waals surface area contributed by atoms with Crippen LogP contribution in [0.1, 0.15) is 71.6 Å². The molecule has 1 saturated carbocycles. The van der Waals surface area contributed by atoms with Crippen molar-refractivity contribution in [2.45, 2.75) is 83.2 Å². The summed E-state index contributed by atoms with van der Waals surface area (Å²) in [6.45, 7) is 3.69. The van der Waals surface area contributed by atoms with Crippen LogP contribution in [0.15, 0.2) is 24.3 Å². The Morgan fingerprint density at radius 2 is 2.00 bits per heavy atom. The summed E-state index contributed by atoms with van der Waals surface area (Å²) in [7, 11) is 0. The molecule has 1 aliphatic rings. The summed E-state index contributed by atoms with van der Waals surface area (Å²) in [4.78, 5) is 22.5. The third-order valence-electron chi connectivity index (χ3n) is 5.02. The third kappa shape index (κ3) is 8.33. The Labute approximate surface area is 160 Å². The van der Waals surface area contributed by atoms with Crippen LogP contribution in [0.5, 0.6) is 0 Å². The number of carboxylic acid groups (broad SMARTS) is 1. The Bertz CT molecular complexity index is 552. The second-order valence-corrected chi connectivity index (χ2v) is 7.70. The average molecular weight is 386 g/mol. The fourth-order valence-corrected chi connectivity index (χ4v) is 3.39. The molecule has 6 heteroatoms. The summed E-state index contributed by atoms with van der Waals surface area (Å²) >= 11 is 0. The molecule has 0 aromatic carbocycles. The monoisotopic (exact) mass is 386 g/mol. The van der Waals surface area contributed by atoms with Gasteiger partial charge in [-0.2, -0.15) is 0 Å². The highest BCUT2D eigenvalue weighted by molar-refractivity contribution is 5.86. The Hall–Kier alpha value is -1.56. The van der Waals surface area contributed by atoms with Gasteiger partial charge in [-0.3, -0.25) is 9.59 Å². The molecule has 1 fully saturated rings. The number of hydrogen-bond donors (Lipinski definition) is 2. The molecule has 0 amide bonds. The maximum atomic E-state index is 14.2. The second-order valence-electron chi connectivity index (χ2n) is 7.70. The molecule has 0 aromatic rings. The molecule has 1 rings (SSSR count). The van der Waals surface area contributed by atoms with Crippen LogP contribution in [0.25, 0.3) is 0 Å². The van der Waals surface area contributed by atoms with Crippen molar-refractivity contribution >= 4 is 11.8 Å². The number of carbonyl (C=O) groups excluding carboxylic acids is 1. The molecule has 27 heavy (non-hydrogen) atoms. The molecule has 0 spiro atoms. The molecule has 0 aromatic heterocycles. The van der Waals surface area contributed by atoms with Gasteiger partial charge in [-0.1, -0.05) is 50.5 Å². The SMILES string of the molecule is CCCCC[C@](C)(O)C=C[C@H]1C(=O)CC(F)(F)[C@@H]1CC=CCCCC(=O)O. The van der Waals surface area contributed by atoms with Gasteiger partial charge in [-0.05, 0) is 32.6 Å². The maximum Gasteiger partial charge on any atom is 0.303 e. The lowest BCUT2D eigenvalue weighted by Crippen LogP contribution is -2.26. The van der Waals surface area contributed by atoms with E-state index < -0.39 is 41.5 Å². The zero-order valence-corrected chi connectivity index (χ0v) is 16.3. The minimum absolute atomic E-state index is 0.0426. The van der Waals surface area contributed by atoms with Crippen LogP contribution in [0, 0.1) is 11.8 Å². The van der Waals surface area contributed by atoms with Gasteiger partial charge in [0.15, 0.2) is 0 Å². The van der Waals surface area contributed by atoms with Crippen LogP contribution in [-0.2, 0) is 9.59 Å². The molecule has 0 radical (unpaired) electrons. The van der Waals surface area contributed by atoms with Gasteiger partial charge in [-0.15, -0.1) is 0 Å². The van der Waals surface area contributed by atoms with Gasteiger partial charge in [0.1, 0.15) is 5.78 Å². The predicted molar refractivity (Wildman–Crippen MR) is 101 cm³/mol. The van der Waals surface area contributed by atoms with E-state index in [0.29, 0.717) is 19.3 Å². The molecule has 4 nitrogen and oxygen atoms in total. The van der Waals surface area contributed by atoms with E-state index in [9.17, 15) is 23.5 Å². The van der Waals surface area contributed by atoms with Crippen LogP contribution in [0.3, 0.4) is 0 Å². The largest absolute Gasteiger partial charge is 0.481 e. The number of ketones is 1. The van der Waals surface area contributed by atoms with E-state index in [4.69, 9.17) is 5.11 Å². The van der Waals surface area contributed by atoms with E-state index in [1.165, 1.54) is 12.2 Å². The number of alkyl halides is 2. The Morgan fingerprint density at radius 1 is 1.30 bits per heavy atom. The number of halogens is 2. The Kier molecular flexibility index (Phi) is 9.30. The van der Waals surface area contributed by atoms with Crippen molar-refractivity contribution in [1.82, 2.24) is 0 Å². The van der Waals surface area contributed by atoms with E-state index >= 15 is 0 Å². The van der Waals surface area contributed by atoms with Crippen molar-refractivity contribution < 1.29 is 28.6 Å². The van der Waals surface area contributed by atoms with Crippen LogP contribution in [0.2, 0.25) is 0 Å². The van der Waals surface area contributed by atoms with Gasteiger partial charge in [0.25, 0.3) is 5.92 Å². The minimum Gasteiger partial charge on any atom is -0.481 e. The topological polar surface area (TPSA) is 74.6 Å². The average Bonchev–Trinajstić information content (AvgIpc) is 2.77. The van der Waals surface area contributed by atoms with Gasteiger partial charge >= 0.3 is 5.97 Å². The number of rotatable bonds is 12. The summed E-state index contributed by atoms with van der Waals surface area (Å²) in [5, 5.41) is 19.0. The van der Waals surface area contributed by atoms with E-state index in [1.807, 2.05) is 0 Å². The molecule has 0 bridgehead atoms. The van der Waals surface area contributed by atoms with E-state index in [-0.39, 0.29) is 12.8 Å². The lowest BCUT2D eigenvalue weighted by Gasteiger charge is -2.22. The van der Waals surface area contributed by atoms with Crippen LogP contribution >= 0.6 is 0 Å². The fraction of sp³-hybridized carbons (Fsp3) is 0.714. The van der Waals surface area contributed by atoms with Crippen molar-refractivity contribution in [3.8, 4) is 0 Å². The van der Waals surface area contributed by atoms with Gasteiger partial charge in [0, 0.05) is 18.3 Å². The number of aliphatic carboxylic acids is 1. The van der Waals surface area contributed by atoms with Crippen LogP contribution < -0.4 is 0 Å². The predicted octanol–water partition coefficient (Wildman–Crippen LogP) is 4.92.